The van der Waals surface area contributed by atoms with E-state index in [1.165, 1.54) is 25.5 Å². The predicted molar refractivity (Wildman–Crippen MR) is 70.2 cm³/mol. The number of rotatable bonds is 2. The molecule has 0 amide bonds. The maximum atomic E-state index is 11.8. The molecule has 2 aromatic heterocycles. The first-order valence-corrected chi connectivity index (χ1v) is 7.02. The van der Waals surface area contributed by atoms with E-state index >= 15 is 0 Å². The molecule has 0 bridgehead atoms. The van der Waals surface area contributed by atoms with Crippen LogP contribution >= 0.6 is 0 Å². The Kier molecular flexibility index (Phi) is 2.59. The van der Waals surface area contributed by atoms with Crippen molar-refractivity contribution in [2.24, 2.45) is 5.14 Å². The summed E-state index contributed by atoms with van der Waals surface area (Å²) in [5.74, 6) is 0.144. The summed E-state index contributed by atoms with van der Waals surface area (Å²) in [7, 11) is -2.68. The average Bonchev–Trinajstić information content (AvgIpc) is 2.82. The highest BCUT2D eigenvalue weighted by Crippen LogP contribution is 2.39. The first-order valence-electron chi connectivity index (χ1n) is 5.47. The van der Waals surface area contributed by atoms with Gasteiger partial charge < -0.3 is 13.6 Å². The first-order chi connectivity index (χ1) is 9.43. The van der Waals surface area contributed by atoms with E-state index in [9.17, 15) is 13.2 Å². The van der Waals surface area contributed by atoms with Crippen molar-refractivity contribution in [2.45, 2.75) is 4.90 Å². The van der Waals surface area contributed by atoms with Crippen LogP contribution in [0.4, 0.5) is 0 Å². The standard InChI is InChI=1S/C12H9NO6S/c1-17-11-9-7(4-5-18-9)12(20(13,15)16)6-2-3-8(14)19-10(6)11/h2-5H,1H3,(H2,13,15,16). The van der Waals surface area contributed by atoms with E-state index in [4.69, 9.17) is 18.7 Å². The Hall–Kier alpha value is -2.32. The lowest BCUT2D eigenvalue weighted by atomic mass is 10.1. The molecule has 2 N–H and O–H groups in total. The van der Waals surface area contributed by atoms with Gasteiger partial charge in [0.05, 0.1) is 13.4 Å². The largest absolute Gasteiger partial charge is 0.490 e. The van der Waals surface area contributed by atoms with E-state index < -0.39 is 15.6 Å². The maximum absolute atomic E-state index is 11.8. The molecule has 0 aliphatic rings. The fraction of sp³-hybridized carbons (Fsp3) is 0.0833. The van der Waals surface area contributed by atoms with E-state index in [1.54, 1.807) is 0 Å². The van der Waals surface area contributed by atoms with E-state index in [-0.39, 0.29) is 32.6 Å². The van der Waals surface area contributed by atoms with Crippen LogP contribution in [0.5, 0.6) is 5.75 Å². The van der Waals surface area contributed by atoms with Gasteiger partial charge in [0.2, 0.25) is 15.8 Å². The van der Waals surface area contributed by atoms with E-state index in [2.05, 4.69) is 0 Å². The number of hydrogen-bond acceptors (Lipinski definition) is 6. The highest BCUT2D eigenvalue weighted by atomic mass is 32.2. The third kappa shape index (κ3) is 1.69. The van der Waals surface area contributed by atoms with Gasteiger partial charge in [-0.2, -0.15) is 0 Å². The average molecular weight is 295 g/mol. The molecule has 0 atom stereocenters. The number of fused-ring (bicyclic) bond motifs is 2. The number of sulfonamides is 1. The number of methoxy groups -OCH3 is 1. The normalized spacial score (nSPS) is 12.1. The summed E-state index contributed by atoms with van der Waals surface area (Å²) < 4.78 is 39.1. The zero-order valence-corrected chi connectivity index (χ0v) is 11.1. The van der Waals surface area contributed by atoms with Crippen LogP contribution in [0.3, 0.4) is 0 Å². The van der Waals surface area contributed by atoms with Crippen LogP contribution in [0.1, 0.15) is 0 Å². The summed E-state index contributed by atoms with van der Waals surface area (Å²) in [5, 5.41) is 5.68. The summed E-state index contributed by atoms with van der Waals surface area (Å²) in [6, 6.07) is 3.90. The zero-order valence-electron chi connectivity index (χ0n) is 10.2. The van der Waals surface area contributed by atoms with Crippen LogP contribution in [0.2, 0.25) is 0 Å². The number of ether oxygens (including phenoxy) is 1. The molecule has 3 aromatic rings. The monoisotopic (exact) mass is 295 g/mol. The molecule has 3 rings (SSSR count). The minimum absolute atomic E-state index is 0.0218. The topological polar surface area (TPSA) is 113 Å². The van der Waals surface area contributed by atoms with E-state index in [1.807, 2.05) is 0 Å². The molecule has 104 valence electrons. The second-order valence-electron chi connectivity index (χ2n) is 4.07. The lowest BCUT2D eigenvalue weighted by molar-refractivity contribution is 0.402. The molecule has 0 unspecified atom stereocenters. The van der Waals surface area contributed by atoms with Crippen LogP contribution < -0.4 is 15.5 Å². The van der Waals surface area contributed by atoms with Gasteiger partial charge >= 0.3 is 5.63 Å². The lowest BCUT2D eigenvalue weighted by Gasteiger charge is -2.09. The Labute approximate surface area is 112 Å². The SMILES string of the molecule is COc1c2occc2c(S(N)(=O)=O)c2ccc(=O)oc12. The Morgan fingerprint density at radius 3 is 2.50 bits per heavy atom. The molecule has 0 saturated carbocycles. The molecule has 0 saturated heterocycles. The van der Waals surface area contributed by atoms with Gasteiger partial charge in [0.1, 0.15) is 4.90 Å². The van der Waals surface area contributed by atoms with Gasteiger partial charge in [-0.15, -0.1) is 0 Å². The summed E-state index contributed by atoms with van der Waals surface area (Å²) in [5.41, 5.74) is -0.507. The van der Waals surface area contributed by atoms with Crippen molar-refractivity contribution in [3.8, 4) is 5.75 Å². The minimum Gasteiger partial charge on any atom is -0.490 e. The molecule has 20 heavy (non-hydrogen) atoms. The van der Waals surface area contributed by atoms with Crippen molar-refractivity contribution in [2.75, 3.05) is 7.11 Å². The summed E-state index contributed by atoms with van der Waals surface area (Å²) in [6.45, 7) is 0. The molecule has 7 nitrogen and oxygen atoms in total. The quantitative estimate of drug-likeness (QED) is 0.711. The van der Waals surface area contributed by atoms with Crippen molar-refractivity contribution in [3.63, 3.8) is 0 Å². The lowest BCUT2D eigenvalue weighted by Crippen LogP contribution is -2.13. The van der Waals surface area contributed by atoms with Crippen molar-refractivity contribution >= 4 is 32.0 Å². The van der Waals surface area contributed by atoms with Crippen molar-refractivity contribution in [1.82, 2.24) is 0 Å². The Balaban J connectivity index is 2.72. The minimum atomic E-state index is -4.04. The Morgan fingerprint density at radius 1 is 1.15 bits per heavy atom. The van der Waals surface area contributed by atoms with Crippen LogP contribution in [0.15, 0.2) is 43.0 Å². The fourth-order valence-corrected chi connectivity index (χ4v) is 3.10. The van der Waals surface area contributed by atoms with Gasteiger partial charge in [0, 0.05) is 16.8 Å². The van der Waals surface area contributed by atoms with Gasteiger partial charge in [-0.3, -0.25) is 0 Å². The molecular formula is C12H9NO6S. The third-order valence-electron chi connectivity index (χ3n) is 2.89. The zero-order chi connectivity index (χ0) is 14.5. The maximum Gasteiger partial charge on any atom is 0.336 e. The van der Waals surface area contributed by atoms with E-state index in [0.717, 1.165) is 6.07 Å². The predicted octanol–water partition coefficient (Wildman–Crippen LogP) is 1.20. The highest BCUT2D eigenvalue weighted by Gasteiger charge is 2.25. The second-order valence-corrected chi connectivity index (χ2v) is 5.57. The van der Waals surface area contributed by atoms with Crippen molar-refractivity contribution in [3.05, 3.63) is 34.9 Å². The number of benzene rings is 1. The number of primary sulfonamides is 1. The van der Waals surface area contributed by atoms with Gasteiger partial charge in [-0.25, -0.2) is 18.4 Å². The second kappa shape index (κ2) is 4.09. The Morgan fingerprint density at radius 2 is 1.85 bits per heavy atom. The third-order valence-corrected chi connectivity index (χ3v) is 3.90. The highest BCUT2D eigenvalue weighted by molar-refractivity contribution is 7.89. The Bertz CT molecular complexity index is 982. The van der Waals surface area contributed by atoms with Gasteiger partial charge in [0.15, 0.2) is 11.2 Å². The number of nitrogens with two attached hydrogens (primary N) is 1. The van der Waals surface area contributed by atoms with Crippen LogP contribution in [0, 0.1) is 0 Å². The molecule has 8 heteroatoms. The molecule has 2 heterocycles. The van der Waals surface area contributed by atoms with Crippen molar-refractivity contribution < 1.29 is 22.0 Å². The van der Waals surface area contributed by atoms with E-state index in [0.29, 0.717) is 0 Å². The van der Waals surface area contributed by atoms with Gasteiger partial charge in [0.25, 0.3) is 0 Å². The molecule has 0 aliphatic carbocycles. The van der Waals surface area contributed by atoms with Gasteiger partial charge in [-0.05, 0) is 12.1 Å². The smallest absolute Gasteiger partial charge is 0.336 e. The first kappa shape index (κ1) is 12.7. The van der Waals surface area contributed by atoms with Crippen LogP contribution in [0.25, 0.3) is 21.9 Å². The number of furan rings is 1. The molecule has 0 aliphatic heterocycles. The van der Waals surface area contributed by atoms with Crippen LogP contribution in [-0.4, -0.2) is 15.5 Å². The fourth-order valence-electron chi connectivity index (χ4n) is 2.17. The van der Waals surface area contributed by atoms with Gasteiger partial charge in [-0.1, -0.05) is 0 Å². The summed E-state index contributed by atoms with van der Waals surface area (Å²) in [6.07, 6.45) is 1.30. The molecule has 1 aromatic carbocycles. The summed E-state index contributed by atoms with van der Waals surface area (Å²) >= 11 is 0. The number of hydrogen-bond donors (Lipinski definition) is 1. The molecule has 0 radical (unpaired) electrons. The molecule has 0 spiro atoms. The summed E-state index contributed by atoms with van der Waals surface area (Å²) in [4.78, 5) is 11.2. The molecular weight excluding hydrogens is 286 g/mol. The van der Waals surface area contributed by atoms with Crippen molar-refractivity contribution in [1.29, 1.82) is 0 Å². The van der Waals surface area contributed by atoms with Crippen LogP contribution in [-0.2, 0) is 10.0 Å². The molecule has 0 fully saturated rings.